The molecule has 2 fully saturated rings. The van der Waals surface area contributed by atoms with Gasteiger partial charge in [0.05, 0.1) is 24.3 Å². The number of carbonyl (C=O) groups is 2. The molecule has 140 valence electrons. The summed E-state index contributed by atoms with van der Waals surface area (Å²) >= 11 is 0. The topological polar surface area (TPSA) is 71.5 Å². The number of esters is 1. The Kier molecular flexibility index (Phi) is 4.61. The van der Waals surface area contributed by atoms with Crippen molar-refractivity contribution in [1.82, 2.24) is 15.2 Å². The highest BCUT2D eigenvalue weighted by Gasteiger charge is 2.47. The van der Waals surface area contributed by atoms with E-state index in [4.69, 9.17) is 4.74 Å². The van der Waals surface area contributed by atoms with Gasteiger partial charge in [0, 0.05) is 37.9 Å². The fourth-order valence-corrected chi connectivity index (χ4v) is 4.20. The molecule has 1 amide bonds. The SMILES string of the molecule is COC(=O)c1cncc(C(=O)N2C[C@@H]3CNC[C@@H]3[C@H]2c2cccc(F)c2)c1. The number of pyridine rings is 1. The number of methoxy groups -OCH3 is 1. The standard InChI is InChI=1S/C20H20FN3O3/c1-27-20(26)14-5-13(7-22-8-14)19(25)24-11-15-9-23-10-17(15)18(24)12-3-2-4-16(21)6-12/h2-8,15,17-18,23H,9-11H2,1H3/t15-,17-,18+/m0/s1. The highest BCUT2D eigenvalue weighted by Crippen LogP contribution is 2.43. The van der Waals surface area contributed by atoms with Crippen molar-refractivity contribution in [3.63, 3.8) is 0 Å². The molecule has 2 aliphatic rings. The molecule has 27 heavy (non-hydrogen) atoms. The molecule has 0 spiro atoms. The van der Waals surface area contributed by atoms with Gasteiger partial charge < -0.3 is 15.0 Å². The molecule has 0 bridgehead atoms. The van der Waals surface area contributed by atoms with E-state index in [9.17, 15) is 14.0 Å². The Morgan fingerprint density at radius 1 is 1.22 bits per heavy atom. The van der Waals surface area contributed by atoms with Crippen molar-refractivity contribution in [2.24, 2.45) is 11.8 Å². The van der Waals surface area contributed by atoms with Crippen molar-refractivity contribution in [2.75, 3.05) is 26.7 Å². The molecule has 1 aromatic carbocycles. The average molecular weight is 369 g/mol. The molecule has 4 rings (SSSR count). The fraction of sp³-hybridized carbons (Fsp3) is 0.350. The number of benzene rings is 1. The number of carbonyl (C=O) groups excluding carboxylic acids is 2. The summed E-state index contributed by atoms with van der Waals surface area (Å²) < 4.78 is 18.5. The lowest BCUT2D eigenvalue weighted by molar-refractivity contribution is 0.0600. The molecule has 0 saturated carbocycles. The number of hydrogen-bond donors (Lipinski definition) is 1. The summed E-state index contributed by atoms with van der Waals surface area (Å²) in [7, 11) is 1.28. The number of ether oxygens (including phenoxy) is 1. The van der Waals surface area contributed by atoms with E-state index >= 15 is 0 Å². The van der Waals surface area contributed by atoms with E-state index in [0.29, 0.717) is 18.0 Å². The van der Waals surface area contributed by atoms with Gasteiger partial charge in [0.2, 0.25) is 0 Å². The van der Waals surface area contributed by atoms with Gasteiger partial charge in [0.25, 0.3) is 5.91 Å². The van der Waals surface area contributed by atoms with Crippen LogP contribution in [0, 0.1) is 17.7 Å². The first kappa shape index (κ1) is 17.6. The molecular weight excluding hydrogens is 349 g/mol. The molecule has 3 atom stereocenters. The fourth-order valence-electron chi connectivity index (χ4n) is 4.20. The van der Waals surface area contributed by atoms with Gasteiger partial charge in [-0.05, 0) is 29.7 Å². The second kappa shape index (κ2) is 7.08. The maximum atomic E-state index is 13.8. The number of likely N-dealkylation sites (tertiary alicyclic amines) is 1. The van der Waals surface area contributed by atoms with Crippen LogP contribution in [0.25, 0.3) is 0 Å². The normalized spacial score (nSPS) is 23.9. The van der Waals surface area contributed by atoms with Crippen molar-refractivity contribution in [2.45, 2.75) is 6.04 Å². The molecule has 2 saturated heterocycles. The van der Waals surface area contributed by atoms with Gasteiger partial charge in [-0.15, -0.1) is 0 Å². The zero-order valence-electron chi connectivity index (χ0n) is 14.9. The van der Waals surface area contributed by atoms with Crippen LogP contribution in [-0.2, 0) is 4.74 Å². The largest absolute Gasteiger partial charge is 0.465 e. The monoisotopic (exact) mass is 369 g/mol. The summed E-state index contributed by atoms with van der Waals surface area (Å²) in [5, 5.41) is 3.36. The second-order valence-corrected chi connectivity index (χ2v) is 6.99. The number of fused-ring (bicyclic) bond motifs is 1. The number of nitrogens with zero attached hydrogens (tertiary/aromatic N) is 2. The van der Waals surface area contributed by atoms with Crippen LogP contribution in [0.2, 0.25) is 0 Å². The van der Waals surface area contributed by atoms with Crippen molar-refractivity contribution >= 4 is 11.9 Å². The highest BCUT2D eigenvalue weighted by molar-refractivity contribution is 5.97. The summed E-state index contributed by atoms with van der Waals surface area (Å²) in [5.74, 6) is -0.520. The second-order valence-electron chi connectivity index (χ2n) is 6.99. The number of amides is 1. The Morgan fingerprint density at radius 3 is 2.81 bits per heavy atom. The molecule has 3 heterocycles. The van der Waals surface area contributed by atoms with Gasteiger partial charge in [-0.2, -0.15) is 0 Å². The molecule has 0 aliphatic carbocycles. The predicted molar refractivity (Wildman–Crippen MR) is 95.6 cm³/mol. The number of nitrogens with one attached hydrogen (secondary N) is 1. The van der Waals surface area contributed by atoms with Crippen LogP contribution in [0.1, 0.15) is 32.3 Å². The number of rotatable bonds is 3. The van der Waals surface area contributed by atoms with Crippen molar-refractivity contribution in [1.29, 1.82) is 0 Å². The molecule has 1 aromatic heterocycles. The lowest BCUT2D eigenvalue weighted by Crippen LogP contribution is -2.35. The Labute approximate surface area is 156 Å². The van der Waals surface area contributed by atoms with Crippen molar-refractivity contribution in [3.8, 4) is 0 Å². The maximum absolute atomic E-state index is 13.8. The van der Waals surface area contributed by atoms with Crippen LogP contribution in [0.15, 0.2) is 42.7 Å². The van der Waals surface area contributed by atoms with E-state index in [1.807, 2.05) is 6.07 Å². The van der Waals surface area contributed by atoms with Crippen molar-refractivity contribution in [3.05, 3.63) is 65.2 Å². The van der Waals surface area contributed by atoms with Gasteiger partial charge in [-0.3, -0.25) is 9.78 Å². The van der Waals surface area contributed by atoms with Crippen LogP contribution in [0.4, 0.5) is 4.39 Å². The molecule has 0 unspecified atom stereocenters. The van der Waals surface area contributed by atoms with Gasteiger partial charge in [-0.25, -0.2) is 9.18 Å². The van der Waals surface area contributed by atoms with Crippen LogP contribution in [0.3, 0.4) is 0 Å². The lowest BCUT2D eigenvalue weighted by atomic mass is 9.89. The first-order valence-electron chi connectivity index (χ1n) is 8.89. The molecule has 2 aliphatic heterocycles. The van der Waals surface area contributed by atoms with Crippen LogP contribution < -0.4 is 5.32 Å². The van der Waals surface area contributed by atoms with E-state index < -0.39 is 5.97 Å². The molecule has 1 N–H and O–H groups in total. The third kappa shape index (κ3) is 3.19. The Morgan fingerprint density at radius 2 is 2.04 bits per heavy atom. The minimum atomic E-state index is -0.540. The predicted octanol–water partition coefficient (Wildman–Crippen LogP) is 2.04. The zero-order valence-corrected chi connectivity index (χ0v) is 14.9. The number of hydrogen-bond acceptors (Lipinski definition) is 5. The molecule has 2 aromatic rings. The van der Waals surface area contributed by atoms with Crippen LogP contribution >= 0.6 is 0 Å². The van der Waals surface area contributed by atoms with E-state index in [0.717, 1.165) is 18.7 Å². The first-order chi connectivity index (χ1) is 13.1. The Bertz CT molecular complexity index is 888. The molecule has 6 nitrogen and oxygen atoms in total. The van der Waals surface area contributed by atoms with E-state index in [1.165, 1.54) is 37.7 Å². The Hall–Kier alpha value is -2.80. The third-order valence-corrected chi connectivity index (χ3v) is 5.42. The van der Waals surface area contributed by atoms with Gasteiger partial charge in [0.15, 0.2) is 0 Å². The molecule has 7 heteroatoms. The van der Waals surface area contributed by atoms with E-state index in [1.54, 1.807) is 11.0 Å². The van der Waals surface area contributed by atoms with Crippen LogP contribution in [-0.4, -0.2) is 48.5 Å². The summed E-state index contributed by atoms with van der Waals surface area (Å²) in [6.07, 6.45) is 2.82. The quantitative estimate of drug-likeness (QED) is 0.839. The highest BCUT2D eigenvalue weighted by atomic mass is 19.1. The maximum Gasteiger partial charge on any atom is 0.339 e. The number of aromatic nitrogens is 1. The molecule has 0 radical (unpaired) electrons. The van der Waals surface area contributed by atoms with Crippen molar-refractivity contribution < 1.29 is 18.7 Å². The van der Waals surface area contributed by atoms with E-state index in [-0.39, 0.29) is 29.2 Å². The smallest absolute Gasteiger partial charge is 0.339 e. The lowest BCUT2D eigenvalue weighted by Gasteiger charge is -2.28. The minimum Gasteiger partial charge on any atom is -0.465 e. The Balaban J connectivity index is 1.69. The van der Waals surface area contributed by atoms with Crippen LogP contribution in [0.5, 0.6) is 0 Å². The first-order valence-corrected chi connectivity index (χ1v) is 8.89. The summed E-state index contributed by atoms with van der Waals surface area (Å²) in [6, 6.07) is 7.71. The summed E-state index contributed by atoms with van der Waals surface area (Å²) in [5.41, 5.74) is 1.34. The minimum absolute atomic E-state index is 0.211. The van der Waals surface area contributed by atoms with Gasteiger partial charge in [-0.1, -0.05) is 12.1 Å². The third-order valence-electron chi connectivity index (χ3n) is 5.42. The number of halogens is 1. The summed E-state index contributed by atoms with van der Waals surface area (Å²) in [4.78, 5) is 30.8. The van der Waals surface area contributed by atoms with E-state index in [2.05, 4.69) is 10.3 Å². The van der Waals surface area contributed by atoms with Gasteiger partial charge >= 0.3 is 5.97 Å². The zero-order chi connectivity index (χ0) is 19.0. The van der Waals surface area contributed by atoms with Gasteiger partial charge in [0.1, 0.15) is 5.82 Å². The average Bonchev–Trinajstić information content (AvgIpc) is 3.28. The molecular formula is C20H20FN3O3. The summed E-state index contributed by atoms with van der Waals surface area (Å²) in [6.45, 7) is 2.21.